The molecule has 1 aliphatic heterocycles. The molecule has 20 heteroatoms. The largest absolute Gasteiger partial charge is 0.481 e. The average Bonchev–Trinajstić information content (AvgIpc) is 3.94. The Morgan fingerprint density at radius 3 is 1.76 bits per heavy atom. The van der Waals surface area contributed by atoms with Crippen LogP contribution in [0.2, 0.25) is 0 Å². The number of nitrogens with zero attached hydrogens (tertiary/aromatic N) is 2. The van der Waals surface area contributed by atoms with E-state index in [2.05, 4.69) is 20.9 Å². The lowest BCUT2D eigenvalue weighted by molar-refractivity contribution is -0.162. The van der Waals surface area contributed by atoms with Gasteiger partial charge in [0.25, 0.3) is 5.91 Å². The number of hydrogen-bond donors (Lipinski definition) is 5. The number of rotatable bonds is 33. The normalized spacial score (nSPS) is 14.9. The van der Waals surface area contributed by atoms with Gasteiger partial charge < -0.3 is 54.6 Å². The van der Waals surface area contributed by atoms with E-state index in [0.29, 0.717) is 39.6 Å². The molecule has 0 spiro atoms. The number of alkyl carbamates (subject to hydrolysis) is 1. The van der Waals surface area contributed by atoms with Crippen LogP contribution in [0.25, 0.3) is 0 Å². The van der Waals surface area contributed by atoms with Crippen molar-refractivity contribution in [3.63, 3.8) is 0 Å². The van der Waals surface area contributed by atoms with Crippen LogP contribution in [0.3, 0.4) is 0 Å². The van der Waals surface area contributed by atoms with Crippen LogP contribution in [0.1, 0.15) is 62.0 Å². The number of thiazole rings is 1. The maximum Gasteiger partial charge on any atom is 0.407 e. The van der Waals surface area contributed by atoms with E-state index in [0.717, 1.165) is 20.9 Å². The summed E-state index contributed by atoms with van der Waals surface area (Å²) in [5.41, 5.74) is 1.14. The first kappa shape index (κ1) is 53.3. The number of carbonyl (C=O) groups is 6. The molecule has 1 saturated heterocycles. The number of ether oxygens (including phenoxy) is 6. The van der Waals surface area contributed by atoms with Crippen molar-refractivity contribution in [2.45, 2.75) is 89.3 Å². The molecule has 3 aromatic rings. The number of aliphatic carboxylic acids is 1. The Hall–Kier alpha value is -5.35. The Morgan fingerprint density at radius 1 is 0.742 bits per heavy atom. The van der Waals surface area contributed by atoms with Gasteiger partial charge in [0.1, 0.15) is 6.61 Å². The SMILES string of the molecule is CC(C)[C@](NC(=O)CCOCCOCCOCCOCCOCCC(=O)O)(C(=O)N[C@@H](Cc1ccccc1)C[C@H](O)[C@H](Cc1ccccc1)NC(=O)OCc1cncs1)N1C(=O)CCC1=O. The minimum atomic E-state index is -2.13. The number of carboxylic acid groups (broad SMARTS) is 1. The summed E-state index contributed by atoms with van der Waals surface area (Å²) >= 11 is 1.33. The molecule has 0 aliphatic carbocycles. The molecular formula is C46H63N5O14S. The van der Waals surface area contributed by atoms with Crippen molar-refractivity contribution in [2.75, 3.05) is 66.1 Å². The molecular weight excluding hydrogens is 879 g/mol. The standard InChI is InChI=1S/C46H63N5O14S/c1-33(2)46(51-41(54)13-14-42(51)55,50-40(53)15-17-60-19-21-62-23-25-64-26-24-63-22-20-61-18-16-43(56)57)44(58)48-36(27-34-9-5-3-6-10-34)29-39(52)38(28-35-11-7-4-8-12-35)49-45(59)65-31-37-30-47-32-66-37/h3-12,30,32-33,36,38-39,52H,13-29,31H2,1-2H3,(H,48,58)(H,49,59)(H,50,53)(H,56,57)/t36-,38-,39-,46+/m0/s1. The first-order valence-corrected chi connectivity index (χ1v) is 22.9. The zero-order chi connectivity index (χ0) is 47.6. The van der Waals surface area contributed by atoms with E-state index >= 15 is 0 Å². The predicted octanol–water partition coefficient (Wildman–Crippen LogP) is 3.02. The quantitative estimate of drug-likeness (QED) is 0.0435. The smallest absolute Gasteiger partial charge is 0.407 e. The Kier molecular flexibility index (Phi) is 23.7. The third-order valence-electron chi connectivity index (χ3n) is 10.4. The lowest BCUT2D eigenvalue weighted by Crippen LogP contribution is -2.73. The van der Waals surface area contributed by atoms with Crippen LogP contribution in [-0.4, -0.2) is 146 Å². The van der Waals surface area contributed by atoms with Crippen LogP contribution in [-0.2, 0) is 71.8 Å². The summed E-state index contributed by atoms with van der Waals surface area (Å²) in [5, 5.41) is 29.0. The number of nitrogens with one attached hydrogen (secondary N) is 3. The molecule has 0 unspecified atom stereocenters. The van der Waals surface area contributed by atoms with Crippen LogP contribution < -0.4 is 16.0 Å². The van der Waals surface area contributed by atoms with Gasteiger partial charge in [0, 0.05) is 31.0 Å². The lowest BCUT2D eigenvalue weighted by Gasteiger charge is -2.43. The number of benzene rings is 2. The Labute approximate surface area is 388 Å². The van der Waals surface area contributed by atoms with Crippen LogP contribution in [0, 0.1) is 5.92 Å². The molecule has 1 aliphatic rings. The highest BCUT2D eigenvalue weighted by atomic mass is 32.1. The van der Waals surface area contributed by atoms with Crippen molar-refractivity contribution < 1.29 is 67.4 Å². The molecule has 66 heavy (non-hydrogen) atoms. The topological polar surface area (TPSA) is 250 Å². The van der Waals surface area contributed by atoms with Gasteiger partial charge in [0.05, 0.1) is 101 Å². The number of aliphatic hydroxyl groups is 1. The zero-order valence-corrected chi connectivity index (χ0v) is 38.4. The second-order valence-electron chi connectivity index (χ2n) is 15.7. The molecule has 19 nitrogen and oxygen atoms in total. The molecule has 4 rings (SSSR count). The van der Waals surface area contributed by atoms with Gasteiger partial charge in [-0.1, -0.05) is 74.5 Å². The fraction of sp³-hybridized carbons (Fsp3) is 0.543. The van der Waals surface area contributed by atoms with Crippen molar-refractivity contribution in [3.8, 4) is 0 Å². The minimum absolute atomic E-state index is 0.0111. The first-order valence-electron chi connectivity index (χ1n) is 22.0. The Bertz CT molecular complexity index is 1910. The van der Waals surface area contributed by atoms with E-state index in [1.54, 1.807) is 25.6 Å². The van der Waals surface area contributed by atoms with Gasteiger partial charge >= 0.3 is 12.1 Å². The van der Waals surface area contributed by atoms with E-state index in [1.165, 1.54) is 11.3 Å². The van der Waals surface area contributed by atoms with E-state index in [4.69, 9.17) is 33.5 Å². The molecule has 5 amide bonds. The molecule has 5 N–H and O–H groups in total. The predicted molar refractivity (Wildman–Crippen MR) is 240 cm³/mol. The van der Waals surface area contributed by atoms with E-state index in [9.17, 15) is 33.9 Å². The summed E-state index contributed by atoms with van der Waals surface area (Å²) < 4.78 is 32.5. The average molecular weight is 942 g/mol. The molecule has 0 radical (unpaired) electrons. The molecule has 4 atom stereocenters. The zero-order valence-electron chi connectivity index (χ0n) is 37.6. The summed E-state index contributed by atoms with van der Waals surface area (Å²) in [7, 11) is 0. The fourth-order valence-electron chi connectivity index (χ4n) is 7.07. The van der Waals surface area contributed by atoms with Crippen LogP contribution in [0.15, 0.2) is 72.4 Å². The third-order valence-corrected chi connectivity index (χ3v) is 11.2. The number of aromatic nitrogens is 1. The van der Waals surface area contributed by atoms with Gasteiger partial charge in [-0.3, -0.25) is 29.0 Å². The Morgan fingerprint density at radius 2 is 1.26 bits per heavy atom. The van der Waals surface area contributed by atoms with Gasteiger partial charge in [-0.2, -0.15) is 0 Å². The summed E-state index contributed by atoms with van der Waals surface area (Å²) in [6, 6.07) is 16.8. The number of aliphatic hydroxyl groups excluding tert-OH is 1. The van der Waals surface area contributed by atoms with E-state index < -0.39 is 65.5 Å². The maximum absolute atomic E-state index is 14.8. The number of likely N-dealkylation sites (tertiary alicyclic amines) is 1. The van der Waals surface area contributed by atoms with Crippen molar-refractivity contribution >= 4 is 47.0 Å². The number of carboxylic acids is 1. The van der Waals surface area contributed by atoms with Crippen molar-refractivity contribution in [3.05, 3.63) is 88.4 Å². The minimum Gasteiger partial charge on any atom is -0.481 e. The van der Waals surface area contributed by atoms with Crippen LogP contribution >= 0.6 is 11.3 Å². The van der Waals surface area contributed by atoms with Gasteiger partial charge in [0.15, 0.2) is 0 Å². The Balaban J connectivity index is 1.37. The first-order chi connectivity index (χ1) is 31.9. The second-order valence-corrected chi connectivity index (χ2v) is 16.7. The monoisotopic (exact) mass is 941 g/mol. The molecule has 2 heterocycles. The molecule has 1 fully saturated rings. The molecule has 362 valence electrons. The van der Waals surface area contributed by atoms with E-state index in [1.807, 2.05) is 60.7 Å². The van der Waals surface area contributed by atoms with Crippen molar-refractivity contribution in [2.24, 2.45) is 5.92 Å². The molecule has 0 bridgehead atoms. The highest BCUT2D eigenvalue weighted by molar-refractivity contribution is 7.09. The third kappa shape index (κ3) is 18.5. The van der Waals surface area contributed by atoms with Gasteiger partial charge in [-0.25, -0.2) is 9.69 Å². The fourth-order valence-corrected chi connectivity index (χ4v) is 7.57. The molecule has 2 aromatic carbocycles. The van der Waals surface area contributed by atoms with Crippen molar-refractivity contribution in [1.82, 2.24) is 25.8 Å². The van der Waals surface area contributed by atoms with Crippen molar-refractivity contribution in [1.29, 1.82) is 0 Å². The lowest BCUT2D eigenvalue weighted by atomic mass is 9.89. The number of hydrogen-bond acceptors (Lipinski definition) is 15. The maximum atomic E-state index is 14.8. The van der Waals surface area contributed by atoms with Crippen LogP contribution in [0.5, 0.6) is 0 Å². The van der Waals surface area contributed by atoms with E-state index in [-0.39, 0.29) is 78.0 Å². The molecule has 1 aromatic heterocycles. The van der Waals surface area contributed by atoms with Gasteiger partial charge in [0.2, 0.25) is 23.4 Å². The summed E-state index contributed by atoms with van der Waals surface area (Å²) in [5.74, 6) is -4.41. The number of carbonyl (C=O) groups excluding carboxylic acids is 5. The summed E-state index contributed by atoms with van der Waals surface area (Å²) in [6.45, 7) is 5.60. The van der Waals surface area contributed by atoms with Gasteiger partial charge in [-0.15, -0.1) is 11.3 Å². The number of imide groups is 1. The summed E-state index contributed by atoms with van der Waals surface area (Å²) in [4.78, 5) is 84.5. The number of amides is 5. The van der Waals surface area contributed by atoms with Crippen LogP contribution in [0.4, 0.5) is 4.79 Å². The van der Waals surface area contributed by atoms with Gasteiger partial charge in [-0.05, 0) is 30.4 Å². The highest BCUT2D eigenvalue weighted by Crippen LogP contribution is 2.30. The molecule has 0 saturated carbocycles. The highest BCUT2D eigenvalue weighted by Gasteiger charge is 2.55. The summed E-state index contributed by atoms with van der Waals surface area (Å²) in [6.07, 6.45) is -0.573. The second kappa shape index (κ2) is 29.3.